The van der Waals surface area contributed by atoms with Crippen molar-refractivity contribution in [3.8, 4) is 17.2 Å². The van der Waals surface area contributed by atoms with Crippen LogP contribution in [0, 0.1) is 6.92 Å². The Morgan fingerprint density at radius 1 is 0.933 bits per heavy atom. The van der Waals surface area contributed by atoms with E-state index in [1.54, 1.807) is 21.3 Å². The highest BCUT2D eigenvalue weighted by Crippen LogP contribution is 2.30. The fourth-order valence-electron chi connectivity index (χ4n) is 2.97. The summed E-state index contributed by atoms with van der Waals surface area (Å²) in [5.41, 5.74) is 3.19. The maximum atomic E-state index is 5.92. The lowest BCUT2D eigenvalue weighted by Gasteiger charge is -2.17. The lowest BCUT2D eigenvalue weighted by atomic mass is 10.1. The molecule has 164 valence electrons. The molecule has 0 saturated carbocycles. The summed E-state index contributed by atoms with van der Waals surface area (Å²) >= 11 is 0. The number of nitrogens with zero attached hydrogens (tertiary/aromatic N) is 1. The van der Waals surface area contributed by atoms with Crippen LogP contribution in [0.25, 0.3) is 0 Å². The topological polar surface area (TPSA) is 73.3 Å². The Hall–Kier alpha value is -2.93. The Kier molecular flexibility index (Phi) is 9.80. The van der Waals surface area contributed by atoms with Gasteiger partial charge in [-0.05, 0) is 31.5 Å². The highest BCUT2D eigenvalue weighted by Gasteiger charge is 2.10. The van der Waals surface area contributed by atoms with Crippen LogP contribution in [0.3, 0.4) is 0 Å². The van der Waals surface area contributed by atoms with Crippen molar-refractivity contribution in [3.63, 3.8) is 0 Å². The van der Waals surface area contributed by atoms with E-state index < -0.39 is 0 Å². The van der Waals surface area contributed by atoms with E-state index in [0.717, 1.165) is 22.4 Å². The van der Waals surface area contributed by atoms with E-state index in [-0.39, 0.29) is 0 Å². The van der Waals surface area contributed by atoms with Gasteiger partial charge in [0.1, 0.15) is 12.4 Å². The van der Waals surface area contributed by atoms with Gasteiger partial charge in [-0.3, -0.25) is 4.99 Å². The molecule has 2 N–H and O–H groups in total. The average molecular weight is 416 g/mol. The molecule has 0 amide bonds. The van der Waals surface area contributed by atoms with Gasteiger partial charge in [0, 0.05) is 37.9 Å². The molecule has 0 aromatic heterocycles. The number of aryl methyl sites for hydroxylation is 1. The van der Waals surface area contributed by atoms with Gasteiger partial charge in [0.2, 0.25) is 0 Å². The van der Waals surface area contributed by atoms with Crippen molar-refractivity contribution in [2.45, 2.75) is 26.9 Å². The van der Waals surface area contributed by atoms with Crippen molar-refractivity contribution in [2.24, 2.45) is 4.99 Å². The minimum absolute atomic E-state index is 0.521. The van der Waals surface area contributed by atoms with Crippen molar-refractivity contribution in [2.75, 3.05) is 41.1 Å². The summed E-state index contributed by atoms with van der Waals surface area (Å²) < 4.78 is 22.1. The summed E-state index contributed by atoms with van der Waals surface area (Å²) in [6.45, 7) is 6.93. The van der Waals surface area contributed by atoms with Crippen molar-refractivity contribution in [3.05, 3.63) is 53.1 Å². The highest BCUT2D eigenvalue weighted by molar-refractivity contribution is 5.79. The molecule has 2 aromatic rings. The van der Waals surface area contributed by atoms with Gasteiger partial charge in [0.15, 0.2) is 17.5 Å². The van der Waals surface area contributed by atoms with Crippen molar-refractivity contribution < 1.29 is 18.9 Å². The van der Waals surface area contributed by atoms with Crippen LogP contribution in [-0.2, 0) is 17.8 Å². The van der Waals surface area contributed by atoms with Gasteiger partial charge >= 0.3 is 0 Å². The summed E-state index contributed by atoms with van der Waals surface area (Å²) in [7, 11) is 5.01. The van der Waals surface area contributed by atoms with Gasteiger partial charge in [-0.1, -0.05) is 24.3 Å². The van der Waals surface area contributed by atoms with Gasteiger partial charge in [0.05, 0.1) is 20.8 Å². The zero-order valence-corrected chi connectivity index (χ0v) is 18.6. The first-order valence-corrected chi connectivity index (χ1v) is 10.1. The first-order valence-electron chi connectivity index (χ1n) is 10.1. The van der Waals surface area contributed by atoms with Crippen LogP contribution in [0.15, 0.2) is 41.4 Å². The molecule has 2 aromatic carbocycles. The monoisotopic (exact) mass is 415 g/mol. The first-order chi connectivity index (χ1) is 14.6. The third-order valence-electron chi connectivity index (χ3n) is 4.51. The first kappa shape index (κ1) is 23.3. The molecule has 30 heavy (non-hydrogen) atoms. The Balaban J connectivity index is 1.98. The number of rotatable bonds is 11. The fraction of sp³-hybridized carbons (Fsp3) is 0.435. The molecule has 0 spiro atoms. The summed E-state index contributed by atoms with van der Waals surface area (Å²) in [5.74, 6) is 2.95. The van der Waals surface area contributed by atoms with E-state index in [0.29, 0.717) is 50.4 Å². The number of nitrogens with one attached hydrogen (secondary N) is 2. The molecule has 0 aliphatic heterocycles. The molecule has 0 aliphatic rings. The molecule has 0 saturated heterocycles. The largest absolute Gasteiger partial charge is 0.493 e. The Labute approximate surface area is 179 Å². The lowest BCUT2D eigenvalue weighted by Crippen LogP contribution is -2.36. The van der Waals surface area contributed by atoms with E-state index in [4.69, 9.17) is 18.9 Å². The minimum Gasteiger partial charge on any atom is -0.493 e. The smallest absolute Gasteiger partial charge is 0.191 e. The third kappa shape index (κ3) is 6.84. The van der Waals surface area contributed by atoms with Crippen molar-refractivity contribution >= 4 is 5.96 Å². The van der Waals surface area contributed by atoms with E-state index in [1.165, 1.54) is 0 Å². The summed E-state index contributed by atoms with van der Waals surface area (Å²) in [4.78, 5) is 4.31. The van der Waals surface area contributed by atoms with Crippen LogP contribution in [0.2, 0.25) is 0 Å². The number of guanidine groups is 1. The van der Waals surface area contributed by atoms with Gasteiger partial charge < -0.3 is 29.6 Å². The maximum Gasteiger partial charge on any atom is 0.191 e. The van der Waals surface area contributed by atoms with Crippen LogP contribution in [0.1, 0.15) is 23.6 Å². The molecule has 0 fully saturated rings. The van der Waals surface area contributed by atoms with E-state index in [9.17, 15) is 0 Å². The summed E-state index contributed by atoms with van der Waals surface area (Å²) in [6, 6.07) is 12.0. The standard InChI is InChI=1S/C23H33N3O4/c1-6-29-12-13-30-21-14-17(2)10-11-18(21)15-25-23(24-3)26-16-19-8-7-9-20(27-4)22(19)28-5/h7-11,14H,6,12-13,15-16H2,1-5H3,(H2,24,25,26). The zero-order chi connectivity index (χ0) is 21.8. The highest BCUT2D eigenvalue weighted by atomic mass is 16.5. The van der Waals surface area contributed by atoms with Crippen LogP contribution in [0.5, 0.6) is 17.2 Å². The van der Waals surface area contributed by atoms with Crippen molar-refractivity contribution in [1.82, 2.24) is 10.6 Å². The van der Waals surface area contributed by atoms with E-state index >= 15 is 0 Å². The average Bonchev–Trinajstić information content (AvgIpc) is 2.77. The van der Waals surface area contributed by atoms with Gasteiger partial charge in [-0.15, -0.1) is 0 Å². The molecule has 7 heteroatoms. The number of para-hydroxylation sites is 1. The quantitative estimate of drug-likeness (QED) is 0.333. The summed E-state index contributed by atoms with van der Waals surface area (Å²) in [6.07, 6.45) is 0. The second-order valence-electron chi connectivity index (χ2n) is 6.59. The number of ether oxygens (including phenoxy) is 4. The molecular weight excluding hydrogens is 382 g/mol. The van der Waals surface area contributed by atoms with Crippen LogP contribution in [0.4, 0.5) is 0 Å². The molecule has 0 heterocycles. The van der Waals surface area contributed by atoms with Gasteiger partial charge in [0.25, 0.3) is 0 Å². The Bertz CT molecular complexity index is 824. The van der Waals surface area contributed by atoms with Crippen LogP contribution in [-0.4, -0.2) is 47.0 Å². The molecule has 0 atom stereocenters. The predicted octanol–water partition coefficient (Wildman–Crippen LogP) is 3.29. The lowest BCUT2D eigenvalue weighted by molar-refractivity contribution is 0.110. The number of methoxy groups -OCH3 is 2. The van der Waals surface area contributed by atoms with E-state index in [1.807, 2.05) is 31.2 Å². The minimum atomic E-state index is 0.521. The SMILES string of the molecule is CCOCCOc1cc(C)ccc1CNC(=NC)NCc1cccc(OC)c1OC. The third-order valence-corrected chi connectivity index (χ3v) is 4.51. The van der Waals surface area contributed by atoms with E-state index in [2.05, 4.69) is 34.7 Å². The van der Waals surface area contributed by atoms with Gasteiger partial charge in [-0.25, -0.2) is 0 Å². The molecule has 0 unspecified atom stereocenters. The predicted molar refractivity (Wildman–Crippen MR) is 120 cm³/mol. The Morgan fingerprint density at radius 2 is 1.70 bits per heavy atom. The summed E-state index contributed by atoms with van der Waals surface area (Å²) in [5, 5.41) is 6.65. The second kappa shape index (κ2) is 12.6. The van der Waals surface area contributed by atoms with Crippen molar-refractivity contribution in [1.29, 1.82) is 0 Å². The van der Waals surface area contributed by atoms with Crippen LogP contribution >= 0.6 is 0 Å². The molecule has 2 rings (SSSR count). The molecular formula is C23H33N3O4. The molecule has 0 bridgehead atoms. The molecule has 7 nitrogen and oxygen atoms in total. The number of hydrogen-bond acceptors (Lipinski definition) is 5. The number of aliphatic imine (C=N–C) groups is 1. The fourth-order valence-corrected chi connectivity index (χ4v) is 2.97. The zero-order valence-electron chi connectivity index (χ0n) is 18.6. The molecule has 0 radical (unpaired) electrons. The second-order valence-corrected chi connectivity index (χ2v) is 6.59. The molecule has 0 aliphatic carbocycles. The number of benzene rings is 2. The van der Waals surface area contributed by atoms with Crippen LogP contribution < -0.4 is 24.8 Å². The normalized spacial score (nSPS) is 11.2. The van der Waals surface area contributed by atoms with Gasteiger partial charge in [-0.2, -0.15) is 0 Å². The number of hydrogen-bond donors (Lipinski definition) is 2. The maximum absolute atomic E-state index is 5.92. The Morgan fingerprint density at radius 3 is 2.37 bits per heavy atom.